The van der Waals surface area contributed by atoms with E-state index in [1.165, 1.54) is 22.2 Å². The van der Waals surface area contributed by atoms with Crippen molar-refractivity contribution < 1.29 is 4.74 Å². The van der Waals surface area contributed by atoms with E-state index in [0.29, 0.717) is 0 Å². The van der Waals surface area contributed by atoms with Crippen molar-refractivity contribution in [3.05, 3.63) is 35.5 Å². The third kappa shape index (κ3) is 1.16. The van der Waals surface area contributed by atoms with Gasteiger partial charge >= 0.3 is 0 Å². The van der Waals surface area contributed by atoms with Gasteiger partial charge in [0.25, 0.3) is 0 Å². The zero-order chi connectivity index (χ0) is 11.2. The second kappa shape index (κ2) is 3.34. The largest absolute Gasteiger partial charge is 0.377 e. The Morgan fingerprint density at radius 2 is 2.06 bits per heavy atom. The summed E-state index contributed by atoms with van der Waals surface area (Å²) in [7, 11) is 2.00. The van der Waals surface area contributed by atoms with Gasteiger partial charge in [-0.1, -0.05) is 18.2 Å². The Morgan fingerprint density at radius 3 is 2.69 bits per heavy atom. The third-order valence-corrected chi connectivity index (χ3v) is 3.55. The maximum atomic E-state index is 5.38. The van der Waals surface area contributed by atoms with Crippen LogP contribution in [0.15, 0.2) is 24.3 Å². The first-order chi connectivity index (χ1) is 7.77. The van der Waals surface area contributed by atoms with Crippen molar-refractivity contribution >= 4 is 10.9 Å². The molecule has 3 rings (SSSR count). The van der Waals surface area contributed by atoms with Crippen LogP contribution in [0.25, 0.3) is 10.9 Å². The van der Waals surface area contributed by atoms with E-state index in [9.17, 15) is 0 Å². The number of aryl methyl sites for hydroxylation is 1. The van der Waals surface area contributed by atoms with Crippen LogP contribution in [0.1, 0.15) is 11.3 Å². The lowest BCUT2D eigenvalue weighted by molar-refractivity contribution is -0.0743. The van der Waals surface area contributed by atoms with Crippen LogP contribution in [-0.4, -0.2) is 25.2 Å². The van der Waals surface area contributed by atoms with E-state index in [1.807, 2.05) is 7.05 Å². The molecule has 2 N–H and O–H groups in total. The molecular weight excluding hydrogens is 200 g/mol. The molecule has 0 radical (unpaired) electrons. The van der Waals surface area contributed by atoms with Gasteiger partial charge in [0.05, 0.1) is 18.8 Å². The Labute approximate surface area is 94.8 Å². The number of ether oxygens (including phenoxy) is 1. The predicted molar refractivity (Wildman–Crippen MR) is 64.6 cm³/mol. The molecule has 1 aliphatic rings. The van der Waals surface area contributed by atoms with Crippen molar-refractivity contribution in [2.45, 2.75) is 12.5 Å². The van der Waals surface area contributed by atoms with Crippen LogP contribution < -0.4 is 5.32 Å². The molecule has 1 aromatic carbocycles. The number of hydrogen-bond acceptors (Lipinski definition) is 2. The van der Waals surface area contributed by atoms with Gasteiger partial charge < -0.3 is 15.0 Å². The number of H-pyrrole nitrogens is 1. The maximum absolute atomic E-state index is 5.38. The highest BCUT2D eigenvalue weighted by Crippen LogP contribution is 2.36. The fourth-order valence-electron chi connectivity index (χ4n) is 2.61. The van der Waals surface area contributed by atoms with Crippen LogP contribution in [0.3, 0.4) is 0 Å². The van der Waals surface area contributed by atoms with Crippen molar-refractivity contribution in [3.63, 3.8) is 0 Å². The van der Waals surface area contributed by atoms with Gasteiger partial charge in [-0.2, -0.15) is 0 Å². The first-order valence-electron chi connectivity index (χ1n) is 5.61. The van der Waals surface area contributed by atoms with Crippen LogP contribution in [0.2, 0.25) is 0 Å². The fraction of sp³-hybridized carbons (Fsp3) is 0.385. The average Bonchev–Trinajstić information content (AvgIpc) is 2.56. The van der Waals surface area contributed by atoms with Crippen molar-refractivity contribution in [3.8, 4) is 0 Å². The lowest BCUT2D eigenvalue weighted by Crippen LogP contribution is -2.56. The summed E-state index contributed by atoms with van der Waals surface area (Å²) in [6.45, 7) is 3.64. The number of benzene rings is 1. The Kier molecular flexibility index (Phi) is 2.06. The molecule has 0 aliphatic carbocycles. The molecule has 84 valence electrons. The smallest absolute Gasteiger partial charge is 0.0929 e. The van der Waals surface area contributed by atoms with Gasteiger partial charge in [-0.05, 0) is 20.0 Å². The van der Waals surface area contributed by atoms with Crippen molar-refractivity contribution in [1.29, 1.82) is 0 Å². The first kappa shape index (κ1) is 9.87. The molecular formula is C13H16N2O. The van der Waals surface area contributed by atoms with E-state index >= 15 is 0 Å². The Bertz CT molecular complexity index is 520. The standard InChI is InChI=1S/C13H16N2O/c1-9-12(13(14-2)7-16-8-13)10-5-3-4-6-11(10)15-9/h3-6,14-15H,7-8H2,1-2H3. The van der Waals surface area contributed by atoms with Gasteiger partial charge in [-0.3, -0.25) is 0 Å². The number of aromatic amines is 1. The topological polar surface area (TPSA) is 37.0 Å². The summed E-state index contributed by atoms with van der Waals surface area (Å²) in [4.78, 5) is 3.44. The average molecular weight is 216 g/mol. The highest BCUT2D eigenvalue weighted by molar-refractivity contribution is 5.85. The number of aromatic nitrogens is 1. The minimum absolute atomic E-state index is 0.00366. The van der Waals surface area contributed by atoms with Gasteiger partial charge in [0, 0.05) is 22.2 Å². The fourth-order valence-corrected chi connectivity index (χ4v) is 2.61. The molecule has 16 heavy (non-hydrogen) atoms. The zero-order valence-corrected chi connectivity index (χ0v) is 9.63. The normalized spacial score (nSPS) is 18.6. The monoisotopic (exact) mass is 216 g/mol. The number of hydrogen-bond donors (Lipinski definition) is 2. The van der Waals surface area contributed by atoms with E-state index in [-0.39, 0.29) is 5.54 Å². The van der Waals surface area contributed by atoms with Gasteiger partial charge in [0.15, 0.2) is 0 Å². The van der Waals surface area contributed by atoms with E-state index in [2.05, 4.69) is 41.5 Å². The predicted octanol–water partition coefficient (Wildman–Crippen LogP) is 1.92. The zero-order valence-electron chi connectivity index (χ0n) is 9.63. The Morgan fingerprint density at radius 1 is 1.31 bits per heavy atom. The molecule has 1 aromatic heterocycles. The lowest BCUT2D eigenvalue weighted by Gasteiger charge is -2.41. The molecule has 3 nitrogen and oxygen atoms in total. The molecule has 0 atom stereocenters. The van der Waals surface area contributed by atoms with E-state index in [4.69, 9.17) is 4.74 Å². The van der Waals surface area contributed by atoms with Crippen molar-refractivity contribution in [2.75, 3.05) is 20.3 Å². The van der Waals surface area contributed by atoms with Crippen LogP contribution in [0, 0.1) is 6.92 Å². The van der Waals surface area contributed by atoms with Crippen LogP contribution in [0.5, 0.6) is 0 Å². The molecule has 0 bridgehead atoms. The van der Waals surface area contributed by atoms with E-state index in [1.54, 1.807) is 0 Å². The summed E-state index contributed by atoms with van der Waals surface area (Å²) in [5.41, 5.74) is 3.80. The van der Waals surface area contributed by atoms with Gasteiger partial charge in [-0.15, -0.1) is 0 Å². The summed E-state index contributed by atoms with van der Waals surface area (Å²) in [6.07, 6.45) is 0. The van der Waals surface area contributed by atoms with Crippen LogP contribution in [-0.2, 0) is 10.3 Å². The number of para-hydroxylation sites is 1. The Balaban J connectivity index is 2.26. The molecule has 2 aromatic rings. The summed E-state index contributed by atoms with van der Waals surface area (Å²) >= 11 is 0. The van der Waals surface area contributed by atoms with Gasteiger partial charge in [-0.25, -0.2) is 0 Å². The van der Waals surface area contributed by atoms with Crippen LogP contribution >= 0.6 is 0 Å². The lowest BCUT2D eigenvalue weighted by atomic mass is 9.86. The van der Waals surface area contributed by atoms with Crippen LogP contribution in [0.4, 0.5) is 0 Å². The van der Waals surface area contributed by atoms with Crippen molar-refractivity contribution in [1.82, 2.24) is 10.3 Å². The second-order valence-corrected chi connectivity index (χ2v) is 4.50. The number of rotatable bonds is 2. The maximum Gasteiger partial charge on any atom is 0.0929 e. The molecule has 0 spiro atoms. The highest BCUT2D eigenvalue weighted by Gasteiger charge is 2.41. The van der Waals surface area contributed by atoms with E-state index in [0.717, 1.165) is 13.2 Å². The molecule has 1 aliphatic heterocycles. The highest BCUT2D eigenvalue weighted by atomic mass is 16.5. The van der Waals surface area contributed by atoms with Gasteiger partial charge in [0.1, 0.15) is 0 Å². The number of fused-ring (bicyclic) bond motifs is 1. The second-order valence-electron chi connectivity index (χ2n) is 4.50. The summed E-state index contributed by atoms with van der Waals surface area (Å²) in [5, 5.41) is 4.71. The minimum atomic E-state index is 0.00366. The molecule has 2 heterocycles. The summed E-state index contributed by atoms with van der Waals surface area (Å²) in [5.74, 6) is 0. The van der Waals surface area contributed by atoms with E-state index < -0.39 is 0 Å². The number of likely N-dealkylation sites (N-methyl/N-ethyl adjacent to an activating group) is 1. The minimum Gasteiger partial charge on any atom is -0.377 e. The third-order valence-electron chi connectivity index (χ3n) is 3.55. The molecule has 1 saturated heterocycles. The molecule has 1 fully saturated rings. The van der Waals surface area contributed by atoms with Gasteiger partial charge in [0.2, 0.25) is 0 Å². The SMILES string of the molecule is CNC1(c2c(C)[nH]c3ccccc23)COC1. The Hall–Kier alpha value is -1.32. The van der Waals surface area contributed by atoms with Crippen molar-refractivity contribution in [2.24, 2.45) is 0 Å². The summed E-state index contributed by atoms with van der Waals surface area (Å²) < 4.78 is 5.38. The quantitative estimate of drug-likeness (QED) is 0.804. The molecule has 0 amide bonds. The first-order valence-corrected chi connectivity index (χ1v) is 5.61. The molecule has 0 saturated carbocycles. The summed E-state index contributed by atoms with van der Waals surface area (Å²) in [6, 6.07) is 8.44. The molecule has 0 unspecified atom stereocenters. The molecule has 3 heteroatoms. The number of nitrogens with one attached hydrogen (secondary N) is 2.